The Kier molecular flexibility index (Phi) is 4.53. The normalized spacial score (nSPS) is 10.9. The molecule has 0 aliphatic heterocycles. The number of rotatable bonds is 6. The van der Waals surface area contributed by atoms with Crippen molar-refractivity contribution < 1.29 is 24.2 Å². The molecule has 1 rings (SSSR count). The lowest BCUT2D eigenvalue weighted by atomic mass is 9.80. The summed E-state index contributed by atoms with van der Waals surface area (Å²) in [7, 11) is 2.91. The summed E-state index contributed by atoms with van der Waals surface area (Å²) < 4.78 is 10.5. The van der Waals surface area contributed by atoms with Crippen molar-refractivity contribution >= 4 is 12.3 Å². The van der Waals surface area contributed by atoms with Gasteiger partial charge in [0.15, 0.2) is 17.8 Å². The van der Waals surface area contributed by atoms with Crippen LogP contribution in [-0.2, 0) is 10.2 Å². The monoisotopic (exact) mass is 266 g/mol. The van der Waals surface area contributed by atoms with Gasteiger partial charge in [-0.25, -0.2) is 0 Å². The Morgan fingerprint density at radius 1 is 1.26 bits per heavy atom. The minimum Gasteiger partial charge on any atom is -0.493 e. The van der Waals surface area contributed by atoms with E-state index < -0.39 is 11.4 Å². The maximum Gasteiger partial charge on any atom is 0.304 e. The van der Waals surface area contributed by atoms with Crippen LogP contribution in [0.15, 0.2) is 12.1 Å². The Labute approximate surface area is 112 Å². The van der Waals surface area contributed by atoms with Crippen molar-refractivity contribution in [3.05, 3.63) is 23.3 Å². The quantitative estimate of drug-likeness (QED) is 0.799. The molecule has 1 aromatic carbocycles. The predicted octanol–water partition coefficient (Wildman–Crippen LogP) is 2.27. The fraction of sp³-hybridized carbons (Fsp3) is 0.429. The van der Waals surface area contributed by atoms with Gasteiger partial charge in [-0.2, -0.15) is 0 Å². The molecule has 19 heavy (non-hydrogen) atoms. The lowest BCUT2D eigenvalue weighted by molar-refractivity contribution is -0.138. The number of hydrogen-bond donors (Lipinski definition) is 1. The molecule has 0 spiro atoms. The lowest BCUT2D eigenvalue weighted by Gasteiger charge is -2.26. The molecule has 1 aromatic rings. The Hall–Kier alpha value is -2.04. The van der Waals surface area contributed by atoms with E-state index in [2.05, 4.69) is 0 Å². The van der Waals surface area contributed by atoms with Gasteiger partial charge in [-0.15, -0.1) is 0 Å². The van der Waals surface area contributed by atoms with Gasteiger partial charge < -0.3 is 14.6 Å². The average molecular weight is 266 g/mol. The Morgan fingerprint density at radius 3 is 2.26 bits per heavy atom. The summed E-state index contributed by atoms with van der Waals surface area (Å²) in [5.41, 5.74) is 0.431. The molecule has 0 unspecified atom stereocenters. The van der Waals surface area contributed by atoms with Gasteiger partial charge in [0.05, 0.1) is 26.2 Å². The average Bonchev–Trinajstić information content (AvgIpc) is 2.34. The first-order valence-corrected chi connectivity index (χ1v) is 5.79. The number of aliphatic carboxylic acids is 1. The Morgan fingerprint density at radius 2 is 1.84 bits per heavy atom. The van der Waals surface area contributed by atoms with Crippen LogP contribution in [0.5, 0.6) is 11.5 Å². The van der Waals surface area contributed by atoms with Gasteiger partial charge in [-0.1, -0.05) is 19.9 Å². The first-order valence-electron chi connectivity index (χ1n) is 5.79. The van der Waals surface area contributed by atoms with Crippen LogP contribution in [0.3, 0.4) is 0 Å². The highest BCUT2D eigenvalue weighted by Crippen LogP contribution is 2.41. The van der Waals surface area contributed by atoms with Gasteiger partial charge in [-0.05, 0) is 6.07 Å². The fourth-order valence-corrected chi connectivity index (χ4v) is 2.09. The molecule has 0 heterocycles. The van der Waals surface area contributed by atoms with Crippen molar-refractivity contribution in [1.82, 2.24) is 0 Å². The molecule has 0 radical (unpaired) electrons. The van der Waals surface area contributed by atoms with Crippen LogP contribution < -0.4 is 9.47 Å². The minimum absolute atomic E-state index is 0.0487. The van der Waals surface area contributed by atoms with Crippen molar-refractivity contribution in [2.24, 2.45) is 0 Å². The Bertz CT molecular complexity index is 491. The fourth-order valence-electron chi connectivity index (χ4n) is 2.09. The third-order valence-corrected chi connectivity index (χ3v) is 3.00. The van der Waals surface area contributed by atoms with Crippen LogP contribution in [-0.4, -0.2) is 31.6 Å². The molecule has 0 atom stereocenters. The Balaban J connectivity index is 3.44. The third-order valence-electron chi connectivity index (χ3n) is 3.00. The molecule has 104 valence electrons. The molecular weight excluding hydrogens is 248 g/mol. The van der Waals surface area contributed by atoms with Gasteiger partial charge in [0, 0.05) is 11.0 Å². The summed E-state index contributed by atoms with van der Waals surface area (Å²) >= 11 is 0. The maximum absolute atomic E-state index is 11.0. The van der Waals surface area contributed by atoms with Gasteiger partial charge in [0.2, 0.25) is 0 Å². The number of carboxylic acids is 1. The highest BCUT2D eigenvalue weighted by molar-refractivity contribution is 5.82. The number of carbonyl (C=O) groups is 2. The molecule has 0 bridgehead atoms. The molecule has 5 nitrogen and oxygen atoms in total. The van der Waals surface area contributed by atoms with Crippen LogP contribution in [0.1, 0.15) is 36.2 Å². The first kappa shape index (κ1) is 15.0. The van der Waals surface area contributed by atoms with Crippen molar-refractivity contribution in [1.29, 1.82) is 0 Å². The number of benzene rings is 1. The molecular formula is C14H18O5. The smallest absolute Gasteiger partial charge is 0.304 e. The second-order valence-corrected chi connectivity index (χ2v) is 4.84. The first-order chi connectivity index (χ1) is 8.87. The number of hydrogen-bond acceptors (Lipinski definition) is 4. The molecule has 0 fully saturated rings. The minimum atomic E-state index is -0.898. The van der Waals surface area contributed by atoms with Crippen molar-refractivity contribution in [3.63, 3.8) is 0 Å². The molecule has 0 saturated carbocycles. The van der Waals surface area contributed by atoms with Gasteiger partial charge >= 0.3 is 5.97 Å². The summed E-state index contributed by atoms with van der Waals surface area (Å²) in [4.78, 5) is 21.9. The van der Waals surface area contributed by atoms with Crippen LogP contribution in [0, 0.1) is 0 Å². The number of aldehydes is 1. The van der Waals surface area contributed by atoms with E-state index in [1.807, 2.05) is 0 Å². The number of methoxy groups -OCH3 is 2. The summed E-state index contributed by atoms with van der Waals surface area (Å²) in [6, 6.07) is 3.31. The van der Waals surface area contributed by atoms with Crippen molar-refractivity contribution in [2.45, 2.75) is 25.7 Å². The number of carbonyl (C=O) groups excluding carboxylic acids is 1. The zero-order valence-electron chi connectivity index (χ0n) is 11.5. The van der Waals surface area contributed by atoms with E-state index in [1.54, 1.807) is 26.0 Å². The van der Waals surface area contributed by atoms with E-state index in [0.29, 0.717) is 28.9 Å². The van der Waals surface area contributed by atoms with Gasteiger partial charge in [0.1, 0.15) is 0 Å². The van der Waals surface area contributed by atoms with E-state index in [0.717, 1.165) is 0 Å². The third kappa shape index (κ3) is 3.05. The largest absolute Gasteiger partial charge is 0.493 e. The molecule has 0 saturated heterocycles. The van der Waals surface area contributed by atoms with Crippen LogP contribution in [0.25, 0.3) is 0 Å². The van der Waals surface area contributed by atoms with Gasteiger partial charge in [0.25, 0.3) is 0 Å². The molecule has 0 amide bonds. The zero-order valence-corrected chi connectivity index (χ0v) is 11.5. The van der Waals surface area contributed by atoms with E-state index in [-0.39, 0.29) is 6.42 Å². The molecule has 0 aliphatic carbocycles. The standard InChI is InChI=1S/C14H18O5/c1-14(2,7-11(16)17)10-6-5-9(8-15)12(18-3)13(10)19-4/h5-6,8H,7H2,1-4H3,(H,16,17). The topological polar surface area (TPSA) is 72.8 Å². The zero-order chi connectivity index (χ0) is 14.6. The summed E-state index contributed by atoms with van der Waals surface area (Å²) in [6.07, 6.45) is 0.627. The summed E-state index contributed by atoms with van der Waals surface area (Å²) in [5.74, 6) is -0.169. The van der Waals surface area contributed by atoms with E-state index >= 15 is 0 Å². The second kappa shape index (κ2) is 5.73. The second-order valence-electron chi connectivity index (χ2n) is 4.84. The summed E-state index contributed by atoms with van der Waals surface area (Å²) in [6.45, 7) is 3.61. The summed E-state index contributed by atoms with van der Waals surface area (Å²) in [5, 5.41) is 8.97. The van der Waals surface area contributed by atoms with Crippen molar-refractivity contribution in [2.75, 3.05) is 14.2 Å². The number of carboxylic acid groups (broad SMARTS) is 1. The molecule has 0 aromatic heterocycles. The van der Waals surface area contributed by atoms with Crippen LogP contribution >= 0.6 is 0 Å². The van der Waals surface area contributed by atoms with Crippen LogP contribution in [0.4, 0.5) is 0 Å². The predicted molar refractivity (Wildman–Crippen MR) is 70.2 cm³/mol. The molecule has 5 heteroatoms. The van der Waals surface area contributed by atoms with E-state index in [4.69, 9.17) is 14.6 Å². The van der Waals surface area contributed by atoms with E-state index in [9.17, 15) is 9.59 Å². The highest BCUT2D eigenvalue weighted by atomic mass is 16.5. The lowest BCUT2D eigenvalue weighted by Crippen LogP contribution is -2.22. The number of ether oxygens (including phenoxy) is 2. The van der Waals surface area contributed by atoms with Crippen LogP contribution in [0.2, 0.25) is 0 Å². The SMILES string of the molecule is COc1c(C=O)ccc(C(C)(C)CC(=O)O)c1OC. The van der Waals surface area contributed by atoms with Crippen molar-refractivity contribution in [3.8, 4) is 11.5 Å². The van der Waals surface area contributed by atoms with E-state index in [1.165, 1.54) is 14.2 Å². The highest BCUT2D eigenvalue weighted by Gasteiger charge is 2.30. The van der Waals surface area contributed by atoms with Gasteiger partial charge in [-0.3, -0.25) is 9.59 Å². The molecule has 1 N–H and O–H groups in total. The maximum atomic E-state index is 11.0. The molecule has 0 aliphatic rings.